The van der Waals surface area contributed by atoms with Gasteiger partial charge in [0, 0.05) is 55.3 Å². The Bertz CT molecular complexity index is 2490. The molecule has 2 saturated heterocycles. The molecule has 4 aromatic heterocycles. The third-order valence-corrected chi connectivity index (χ3v) is 13.5. The van der Waals surface area contributed by atoms with Gasteiger partial charge in [0.05, 0.1) is 39.4 Å². The lowest BCUT2D eigenvalue weighted by atomic mass is 9.91. The molecule has 9 rings (SSSR count). The molecule has 3 fully saturated rings. The van der Waals surface area contributed by atoms with Gasteiger partial charge in [0.1, 0.15) is 23.2 Å². The molecular formula is C45H50N8O5S. The average Bonchev–Trinajstić information content (AvgIpc) is 4.06. The highest BCUT2D eigenvalue weighted by molar-refractivity contribution is 7.13. The molecule has 0 unspecified atom stereocenters. The Hall–Kier alpha value is -5.60. The number of hydrogen-bond donors (Lipinski definition) is 3. The molecule has 6 aromatic rings. The number of amides is 2. The van der Waals surface area contributed by atoms with E-state index in [0.29, 0.717) is 28.9 Å². The standard InChI is InChI=1S/C45H50N8O5S/c1-25(2)42(45(57)52-23-32(54)18-38(52)44(56)47-26(3)28-12-14-29(15-13-28)43-27(4)46-24-59-43)40-21-41(50-58-40)51-17-16-30(22-51)36-20-35-37(53(36)31-8-7-9-31)19-34(48-49-35)33-10-5-6-11-39(33)55/h5-6,10-15,19-21,24-26,30-32,38,42,54-55H,7-9,16-18,22-23H2,1-4H3,(H,47,56)/t26-,30+,32+,38-,42+/m0/s1. The van der Waals surface area contributed by atoms with Crippen molar-refractivity contribution in [3.05, 3.63) is 95.0 Å². The molecule has 1 aliphatic carbocycles. The fraction of sp³-hybridized carbons (Fsp3) is 0.422. The molecule has 14 heteroatoms. The third-order valence-electron chi connectivity index (χ3n) is 12.6. The minimum atomic E-state index is -0.816. The van der Waals surface area contributed by atoms with Crippen molar-refractivity contribution in [1.82, 2.24) is 35.1 Å². The summed E-state index contributed by atoms with van der Waals surface area (Å²) in [6, 6.07) is 20.7. The highest BCUT2D eigenvalue weighted by Crippen LogP contribution is 2.42. The van der Waals surface area contributed by atoms with Gasteiger partial charge in [-0.3, -0.25) is 9.59 Å². The molecule has 306 valence electrons. The molecule has 0 bridgehead atoms. The van der Waals surface area contributed by atoms with Crippen LogP contribution in [0.25, 0.3) is 32.7 Å². The number of fused-ring (bicyclic) bond motifs is 1. The molecule has 6 heterocycles. The van der Waals surface area contributed by atoms with Crippen molar-refractivity contribution in [2.75, 3.05) is 24.5 Å². The number of likely N-dealkylation sites (tertiary alicyclic amines) is 1. The number of anilines is 1. The molecule has 2 aromatic carbocycles. The number of para-hydroxylation sites is 1. The summed E-state index contributed by atoms with van der Waals surface area (Å²) in [4.78, 5) is 37.4. The Balaban J connectivity index is 0.898. The molecule has 0 spiro atoms. The molecule has 1 saturated carbocycles. The van der Waals surface area contributed by atoms with Gasteiger partial charge < -0.3 is 34.4 Å². The predicted octanol–water partition coefficient (Wildman–Crippen LogP) is 7.52. The number of thiazole rings is 1. The number of aromatic hydroxyl groups is 1. The third kappa shape index (κ3) is 7.37. The van der Waals surface area contributed by atoms with Crippen LogP contribution in [0.5, 0.6) is 5.75 Å². The number of aromatic nitrogens is 5. The molecule has 59 heavy (non-hydrogen) atoms. The maximum absolute atomic E-state index is 14.4. The zero-order chi connectivity index (χ0) is 40.9. The number of β-amino-alcohol motifs (C(OH)–C–C–N with tert-alkyl or cyclic N) is 1. The molecule has 2 aliphatic heterocycles. The van der Waals surface area contributed by atoms with Gasteiger partial charge in [-0.1, -0.05) is 55.4 Å². The van der Waals surface area contributed by atoms with E-state index < -0.39 is 18.1 Å². The lowest BCUT2D eigenvalue weighted by molar-refractivity contribution is -0.141. The van der Waals surface area contributed by atoms with Crippen molar-refractivity contribution in [3.63, 3.8) is 0 Å². The molecule has 3 N–H and O–H groups in total. The molecular weight excluding hydrogens is 765 g/mol. The number of nitrogens with one attached hydrogen (secondary N) is 1. The second-order valence-electron chi connectivity index (χ2n) is 16.8. The van der Waals surface area contributed by atoms with E-state index in [0.717, 1.165) is 65.1 Å². The Morgan fingerprint density at radius 3 is 2.49 bits per heavy atom. The highest BCUT2D eigenvalue weighted by Gasteiger charge is 2.44. The quantitative estimate of drug-likeness (QED) is 0.119. The van der Waals surface area contributed by atoms with Gasteiger partial charge in [-0.2, -0.15) is 0 Å². The average molecular weight is 815 g/mol. The Morgan fingerprint density at radius 2 is 1.78 bits per heavy atom. The molecule has 2 amide bonds. The van der Waals surface area contributed by atoms with E-state index >= 15 is 0 Å². The maximum Gasteiger partial charge on any atom is 0.243 e. The summed E-state index contributed by atoms with van der Waals surface area (Å²) in [5, 5.41) is 38.0. The number of carbonyl (C=O) groups excluding carboxylic acids is 2. The summed E-state index contributed by atoms with van der Waals surface area (Å²) in [5.74, 6) is 0.120. The smallest absolute Gasteiger partial charge is 0.243 e. The van der Waals surface area contributed by atoms with E-state index in [4.69, 9.17) is 4.52 Å². The first kappa shape index (κ1) is 38.9. The first-order chi connectivity index (χ1) is 28.5. The molecule has 0 radical (unpaired) electrons. The van der Waals surface area contributed by atoms with Gasteiger partial charge in [0.15, 0.2) is 11.6 Å². The minimum Gasteiger partial charge on any atom is -0.507 e. The Morgan fingerprint density at radius 1 is 0.983 bits per heavy atom. The van der Waals surface area contributed by atoms with Crippen LogP contribution in [0.1, 0.15) is 99.5 Å². The second-order valence-corrected chi connectivity index (χ2v) is 17.7. The zero-order valence-corrected chi connectivity index (χ0v) is 34.6. The van der Waals surface area contributed by atoms with Crippen LogP contribution in [0, 0.1) is 12.8 Å². The van der Waals surface area contributed by atoms with Gasteiger partial charge >= 0.3 is 0 Å². The van der Waals surface area contributed by atoms with E-state index in [1.807, 2.05) is 75.7 Å². The van der Waals surface area contributed by atoms with Crippen molar-refractivity contribution in [1.29, 1.82) is 0 Å². The number of aliphatic hydroxyl groups excluding tert-OH is 1. The van der Waals surface area contributed by atoms with Crippen LogP contribution in [0.2, 0.25) is 0 Å². The van der Waals surface area contributed by atoms with Crippen LogP contribution in [0.3, 0.4) is 0 Å². The van der Waals surface area contributed by atoms with Crippen molar-refractivity contribution in [3.8, 4) is 27.4 Å². The summed E-state index contributed by atoms with van der Waals surface area (Å²) in [6.45, 7) is 9.40. The van der Waals surface area contributed by atoms with Crippen molar-refractivity contribution in [2.24, 2.45) is 5.92 Å². The second kappa shape index (κ2) is 15.9. The number of carbonyl (C=O) groups is 2. The monoisotopic (exact) mass is 814 g/mol. The number of aliphatic hydroxyl groups is 1. The summed E-state index contributed by atoms with van der Waals surface area (Å²) in [5.41, 5.74) is 9.24. The topological polar surface area (TPSA) is 163 Å². The van der Waals surface area contributed by atoms with Crippen LogP contribution < -0.4 is 10.2 Å². The van der Waals surface area contributed by atoms with E-state index in [1.54, 1.807) is 23.5 Å². The van der Waals surface area contributed by atoms with Crippen LogP contribution in [-0.2, 0) is 9.59 Å². The first-order valence-corrected chi connectivity index (χ1v) is 21.6. The van der Waals surface area contributed by atoms with E-state index in [9.17, 15) is 19.8 Å². The fourth-order valence-electron chi connectivity index (χ4n) is 9.12. The summed E-state index contributed by atoms with van der Waals surface area (Å²) >= 11 is 1.60. The van der Waals surface area contributed by atoms with Gasteiger partial charge in [0.25, 0.3) is 0 Å². The van der Waals surface area contributed by atoms with Crippen molar-refractivity contribution in [2.45, 2.75) is 95.9 Å². The highest BCUT2D eigenvalue weighted by atomic mass is 32.1. The van der Waals surface area contributed by atoms with E-state index in [2.05, 4.69) is 47.3 Å². The number of aryl methyl sites for hydroxylation is 1. The Labute approximate surface area is 347 Å². The van der Waals surface area contributed by atoms with Gasteiger partial charge in [-0.25, -0.2) is 4.98 Å². The van der Waals surface area contributed by atoms with Crippen LogP contribution in [0.15, 0.2) is 76.8 Å². The van der Waals surface area contributed by atoms with Gasteiger partial charge in [0.2, 0.25) is 11.8 Å². The lowest BCUT2D eigenvalue weighted by Gasteiger charge is -2.31. The number of hydrogen-bond acceptors (Lipinski definition) is 11. The van der Waals surface area contributed by atoms with Crippen LogP contribution in [-0.4, -0.2) is 83.6 Å². The molecule has 13 nitrogen and oxygen atoms in total. The summed E-state index contributed by atoms with van der Waals surface area (Å²) in [7, 11) is 0. The van der Waals surface area contributed by atoms with Crippen molar-refractivity contribution < 1.29 is 24.3 Å². The van der Waals surface area contributed by atoms with E-state index in [-0.39, 0.29) is 48.4 Å². The van der Waals surface area contributed by atoms with E-state index in [1.165, 1.54) is 17.0 Å². The summed E-state index contributed by atoms with van der Waals surface area (Å²) < 4.78 is 8.41. The number of nitrogens with zero attached hydrogens (tertiary/aromatic N) is 7. The SMILES string of the molecule is Cc1ncsc1-c1ccc([C@H](C)NC(=O)[C@@H]2C[C@@H](O)CN2C(=O)[C@@H](c2cc(N3CC[C@@H](c4cc5nnc(-c6ccccc6O)cc5n4C4CCC4)C3)no2)C(C)C)cc1. The lowest BCUT2D eigenvalue weighted by Crippen LogP contribution is -2.48. The number of phenols is 1. The maximum atomic E-state index is 14.4. The number of rotatable bonds is 11. The van der Waals surface area contributed by atoms with Crippen LogP contribution in [0.4, 0.5) is 5.82 Å². The largest absolute Gasteiger partial charge is 0.507 e. The van der Waals surface area contributed by atoms with Gasteiger partial charge in [-0.05, 0) is 80.8 Å². The van der Waals surface area contributed by atoms with Crippen molar-refractivity contribution >= 4 is 40.0 Å². The van der Waals surface area contributed by atoms with Gasteiger partial charge in [-0.15, -0.1) is 21.5 Å². The summed E-state index contributed by atoms with van der Waals surface area (Å²) in [6.07, 6.45) is 3.66. The fourth-order valence-corrected chi connectivity index (χ4v) is 9.94. The minimum absolute atomic E-state index is 0.0690. The first-order valence-electron chi connectivity index (χ1n) is 20.7. The van der Waals surface area contributed by atoms with Crippen LogP contribution >= 0.6 is 11.3 Å². The number of benzene rings is 2. The number of phenolic OH excluding ortho intramolecular Hbond substituents is 1. The normalized spacial score (nSPS) is 20.7. The zero-order valence-electron chi connectivity index (χ0n) is 33.8. The molecule has 3 aliphatic rings. The Kier molecular flexibility index (Phi) is 10.5. The molecule has 5 atom stereocenters. The predicted molar refractivity (Wildman–Crippen MR) is 226 cm³/mol.